The van der Waals surface area contributed by atoms with E-state index in [1.807, 2.05) is 36.5 Å². The van der Waals surface area contributed by atoms with Gasteiger partial charge in [-0.25, -0.2) is 17.5 Å². The van der Waals surface area contributed by atoms with Crippen LogP contribution >= 0.6 is 0 Å². The number of rotatable bonds is 8. The predicted octanol–water partition coefficient (Wildman–Crippen LogP) is 3.78. The van der Waals surface area contributed by atoms with Gasteiger partial charge in [-0.15, -0.1) is 0 Å². The Labute approximate surface area is 190 Å². The van der Waals surface area contributed by atoms with Gasteiger partial charge in [-0.3, -0.25) is 9.52 Å². The number of anilines is 1. The third kappa shape index (κ3) is 5.45. The van der Waals surface area contributed by atoms with Crippen LogP contribution in [0, 0.1) is 5.82 Å². The van der Waals surface area contributed by atoms with E-state index in [0.717, 1.165) is 17.3 Å². The molecule has 0 fully saturated rings. The van der Waals surface area contributed by atoms with E-state index in [9.17, 15) is 17.6 Å². The molecule has 3 aromatic carbocycles. The van der Waals surface area contributed by atoms with Gasteiger partial charge in [0, 0.05) is 24.5 Å². The van der Waals surface area contributed by atoms with E-state index in [4.69, 9.17) is 0 Å². The molecule has 0 saturated heterocycles. The minimum atomic E-state index is -4.06. The molecule has 0 aliphatic carbocycles. The zero-order valence-corrected chi connectivity index (χ0v) is 18.3. The lowest BCUT2D eigenvalue weighted by atomic mass is 10.1. The van der Waals surface area contributed by atoms with Crippen LogP contribution in [-0.2, 0) is 16.4 Å². The average Bonchev–Trinajstić information content (AvgIpc) is 3.36. The molecule has 0 atom stereocenters. The van der Waals surface area contributed by atoms with Crippen molar-refractivity contribution in [2.24, 2.45) is 0 Å². The Bertz CT molecular complexity index is 1350. The van der Waals surface area contributed by atoms with Crippen LogP contribution in [0.2, 0.25) is 0 Å². The van der Waals surface area contributed by atoms with Crippen molar-refractivity contribution in [3.63, 3.8) is 0 Å². The Morgan fingerprint density at radius 2 is 1.76 bits per heavy atom. The highest BCUT2D eigenvalue weighted by molar-refractivity contribution is 7.92. The minimum Gasteiger partial charge on any atom is -0.352 e. The highest BCUT2D eigenvalue weighted by Gasteiger charge is 2.18. The van der Waals surface area contributed by atoms with E-state index in [1.165, 1.54) is 42.5 Å². The largest absolute Gasteiger partial charge is 0.352 e. The first-order chi connectivity index (χ1) is 15.9. The number of amides is 1. The van der Waals surface area contributed by atoms with E-state index >= 15 is 0 Å². The Morgan fingerprint density at radius 1 is 0.970 bits per heavy atom. The molecule has 1 heterocycles. The molecule has 4 rings (SSSR count). The molecule has 1 amide bonds. The van der Waals surface area contributed by atoms with Crippen molar-refractivity contribution in [3.8, 4) is 5.69 Å². The second-order valence-corrected chi connectivity index (χ2v) is 8.92. The van der Waals surface area contributed by atoms with Crippen LogP contribution in [0.5, 0.6) is 0 Å². The van der Waals surface area contributed by atoms with Crippen LogP contribution < -0.4 is 10.0 Å². The number of hydrogen-bond donors (Lipinski definition) is 2. The lowest BCUT2D eigenvalue weighted by Gasteiger charge is -2.10. The number of hydrogen-bond acceptors (Lipinski definition) is 4. The van der Waals surface area contributed by atoms with E-state index in [0.29, 0.717) is 13.0 Å². The number of para-hydroxylation sites is 1. The number of carbonyl (C=O) groups is 1. The number of nitrogens with one attached hydrogen (secondary N) is 2. The number of benzene rings is 3. The summed E-state index contributed by atoms with van der Waals surface area (Å²) >= 11 is 0. The van der Waals surface area contributed by atoms with Gasteiger partial charge in [0.05, 0.1) is 16.3 Å². The first-order valence-electron chi connectivity index (χ1n) is 10.2. The summed E-state index contributed by atoms with van der Waals surface area (Å²) in [4.78, 5) is 12.4. The SMILES string of the molecule is O=C(NCCc1ccc(-n2cccn2)cc1)c1cccc(S(=O)(=O)Nc2ccccc2F)c1. The van der Waals surface area contributed by atoms with Crippen molar-refractivity contribution < 1.29 is 17.6 Å². The fraction of sp³-hybridized carbons (Fsp3) is 0.0833. The normalized spacial score (nSPS) is 11.2. The molecule has 2 N–H and O–H groups in total. The number of nitrogens with zero attached hydrogens (tertiary/aromatic N) is 2. The van der Waals surface area contributed by atoms with Crippen molar-refractivity contribution in [1.82, 2.24) is 15.1 Å². The number of carbonyl (C=O) groups excluding carboxylic acids is 1. The number of sulfonamides is 1. The summed E-state index contributed by atoms with van der Waals surface area (Å²) in [6, 6.07) is 20.7. The second-order valence-electron chi connectivity index (χ2n) is 7.24. The summed E-state index contributed by atoms with van der Waals surface area (Å²) < 4.78 is 43.0. The first-order valence-corrected chi connectivity index (χ1v) is 11.7. The van der Waals surface area contributed by atoms with Gasteiger partial charge in [0.2, 0.25) is 0 Å². The molecule has 0 radical (unpaired) electrons. The summed E-state index contributed by atoms with van der Waals surface area (Å²) in [5, 5.41) is 6.98. The van der Waals surface area contributed by atoms with Gasteiger partial charge in [0.25, 0.3) is 15.9 Å². The van der Waals surface area contributed by atoms with Gasteiger partial charge in [0.15, 0.2) is 0 Å². The molecule has 9 heteroatoms. The maximum Gasteiger partial charge on any atom is 0.262 e. The van der Waals surface area contributed by atoms with Crippen molar-refractivity contribution in [2.75, 3.05) is 11.3 Å². The van der Waals surface area contributed by atoms with Gasteiger partial charge < -0.3 is 5.32 Å². The average molecular weight is 465 g/mol. The van der Waals surface area contributed by atoms with Crippen molar-refractivity contribution >= 4 is 21.6 Å². The quantitative estimate of drug-likeness (QED) is 0.415. The summed E-state index contributed by atoms with van der Waals surface area (Å²) in [6.45, 7) is 0.379. The molecular formula is C24H21FN4O3S. The summed E-state index contributed by atoms with van der Waals surface area (Å²) in [6.07, 6.45) is 4.17. The Balaban J connectivity index is 1.37. The Hall–Kier alpha value is -3.98. The molecule has 0 unspecified atom stereocenters. The highest BCUT2D eigenvalue weighted by Crippen LogP contribution is 2.19. The van der Waals surface area contributed by atoms with Gasteiger partial charge >= 0.3 is 0 Å². The van der Waals surface area contributed by atoms with Crippen LogP contribution in [0.4, 0.5) is 10.1 Å². The molecule has 1 aromatic heterocycles. The maximum absolute atomic E-state index is 13.8. The van der Waals surface area contributed by atoms with Gasteiger partial charge in [-0.05, 0) is 60.5 Å². The van der Waals surface area contributed by atoms with Crippen LogP contribution in [0.3, 0.4) is 0 Å². The Kier molecular flexibility index (Phi) is 6.50. The summed E-state index contributed by atoms with van der Waals surface area (Å²) in [5.41, 5.74) is 2.01. The van der Waals surface area contributed by atoms with Gasteiger partial charge in [-0.1, -0.05) is 30.3 Å². The standard InChI is InChI=1S/C24H21FN4O3S/c25-22-7-1-2-8-23(22)28-33(31,32)21-6-3-5-19(17-21)24(30)26-15-13-18-9-11-20(12-10-18)29-16-4-14-27-29/h1-12,14,16-17,28H,13,15H2,(H,26,30). The second kappa shape index (κ2) is 9.66. The molecule has 4 aromatic rings. The van der Waals surface area contributed by atoms with Crippen LogP contribution in [-0.4, -0.2) is 30.7 Å². The highest BCUT2D eigenvalue weighted by atomic mass is 32.2. The van der Waals surface area contributed by atoms with Crippen molar-refractivity contribution in [3.05, 3.63) is 108 Å². The van der Waals surface area contributed by atoms with E-state index in [2.05, 4.69) is 15.1 Å². The monoisotopic (exact) mass is 464 g/mol. The molecule has 0 saturated carbocycles. The first kappa shape index (κ1) is 22.2. The lowest BCUT2D eigenvalue weighted by Crippen LogP contribution is -2.26. The fourth-order valence-electron chi connectivity index (χ4n) is 3.21. The van der Waals surface area contributed by atoms with Crippen LogP contribution in [0.25, 0.3) is 5.69 Å². The maximum atomic E-state index is 13.8. The molecule has 0 spiro atoms. The zero-order chi connectivity index (χ0) is 23.3. The van der Waals surface area contributed by atoms with Gasteiger partial charge in [-0.2, -0.15) is 5.10 Å². The molecule has 0 bridgehead atoms. The molecule has 0 aliphatic rings. The zero-order valence-electron chi connectivity index (χ0n) is 17.5. The molecule has 7 nitrogen and oxygen atoms in total. The summed E-state index contributed by atoms with van der Waals surface area (Å²) in [7, 11) is -4.06. The summed E-state index contributed by atoms with van der Waals surface area (Å²) in [5.74, 6) is -1.08. The predicted molar refractivity (Wildman–Crippen MR) is 123 cm³/mol. The molecule has 0 aliphatic heterocycles. The molecule has 33 heavy (non-hydrogen) atoms. The molecule has 168 valence electrons. The van der Waals surface area contributed by atoms with E-state index in [-0.39, 0.29) is 16.1 Å². The van der Waals surface area contributed by atoms with Gasteiger partial charge in [0.1, 0.15) is 5.82 Å². The lowest BCUT2D eigenvalue weighted by molar-refractivity contribution is 0.0954. The van der Waals surface area contributed by atoms with Crippen molar-refractivity contribution in [2.45, 2.75) is 11.3 Å². The third-order valence-electron chi connectivity index (χ3n) is 4.93. The van der Waals surface area contributed by atoms with E-state index < -0.39 is 21.7 Å². The minimum absolute atomic E-state index is 0.132. The van der Waals surface area contributed by atoms with E-state index in [1.54, 1.807) is 10.9 Å². The molecular weight excluding hydrogens is 443 g/mol. The third-order valence-corrected chi connectivity index (χ3v) is 6.29. The Morgan fingerprint density at radius 3 is 2.48 bits per heavy atom. The fourth-order valence-corrected chi connectivity index (χ4v) is 4.32. The van der Waals surface area contributed by atoms with Crippen molar-refractivity contribution in [1.29, 1.82) is 0 Å². The van der Waals surface area contributed by atoms with Crippen LogP contribution in [0.1, 0.15) is 15.9 Å². The smallest absolute Gasteiger partial charge is 0.262 e. The van der Waals surface area contributed by atoms with Crippen LogP contribution in [0.15, 0.2) is 96.2 Å². The topological polar surface area (TPSA) is 93.1 Å². The number of aromatic nitrogens is 2. The number of halogens is 1.